The third kappa shape index (κ3) is 2.65. The van der Waals surface area contributed by atoms with E-state index in [2.05, 4.69) is 27.0 Å². The van der Waals surface area contributed by atoms with Gasteiger partial charge in [0.1, 0.15) is 5.82 Å². The van der Waals surface area contributed by atoms with E-state index in [1.54, 1.807) is 6.07 Å². The van der Waals surface area contributed by atoms with Crippen molar-refractivity contribution in [3.63, 3.8) is 0 Å². The summed E-state index contributed by atoms with van der Waals surface area (Å²) in [5.41, 5.74) is 8.99. The highest BCUT2D eigenvalue weighted by atomic mass is 79.9. The van der Waals surface area contributed by atoms with Crippen molar-refractivity contribution in [1.29, 1.82) is 0 Å². The van der Waals surface area contributed by atoms with Crippen LogP contribution in [-0.4, -0.2) is 12.5 Å². The molecule has 1 unspecified atom stereocenters. The number of aliphatic imine (C=N–C) groups is 1. The zero-order valence-electron chi connectivity index (χ0n) is 11.6. The molecule has 0 spiro atoms. The second kappa shape index (κ2) is 5.48. The van der Waals surface area contributed by atoms with Crippen molar-refractivity contribution in [2.45, 2.75) is 13.0 Å². The summed E-state index contributed by atoms with van der Waals surface area (Å²) < 4.78 is 14.5. The van der Waals surface area contributed by atoms with E-state index >= 15 is 0 Å². The molecule has 0 aromatic heterocycles. The van der Waals surface area contributed by atoms with Crippen LogP contribution in [0.4, 0.5) is 10.1 Å². The molecule has 0 aliphatic carbocycles. The van der Waals surface area contributed by atoms with E-state index in [-0.39, 0.29) is 11.9 Å². The average Bonchev–Trinajstić information content (AvgIpc) is 2.84. The van der Waals surface area contributed by atoms with Gasteiger partial charge >= 0.3 is 0 Å². The van der Waals surface area contributed by atoms with Gasteiger partial charge in [0.15, 0.2) is 5.96 Å². The number of halogens is 2. The van der Waals surface area contributed by atoms with Crippen LogP contribution in [0.3, 0.4) is 0 Å². The van der Waals surface area contributed by atoms with Crippen molar-refractivity contribution in [3.8, 4) is 0 Å². The Labute approximate surface area is 131 Å². The number of anilines is 1. The normalized spacial score (nSPS) is 18.0. The standard InChI is InChI=1S/C16H15BrFN3/c1-10-7-11(5-6-14(10)17)15-9-20-16(19)21(15)13-4-2-3-12(18)8-13/h2-8,15H,9H2,1H3,(H2,19,20). The van der Waals surface area contributed by atoms with Gasteiger partial charge in [-0.2, -0.15) is 0 Å². The lowest BCUT2D eigenvalue weighted by molar-refractivity contribution is 0.626. The van der Waals surface area contributed by atoms with Gasteiger partial charge in [-0.1, -0.05) is 34.1 Å². The van der Waals surface area contributed by atoms with Crippen LogP contribution in [0.25, 0.3) is 0 Å². The van der Waals surface area contributed by atoms with E-state index in [1.807, 2.05) is 30.0 Å². The van der Waals surface area contributed by atoms with Crippen molar-refractivity contribution in [2.24, 2.45) is 10.7 Å². The number of benzene rings is 2. The molecule has 3 nitrogen and oxygen atoms in total. The molecule has 2 aromatic rings. The Morgan fingerprint density at radius 3 is 2.81 bits per heavy atom. The van der Waals surface area contributed by atoms with Crippen LogP contribution in [-0.2, 0) is 0 Å². The Bertz CT molecular complexity index is 714. The number of hydrogen-bond acceptors (Lipinski definition) is 3. The summed E-state index contributed by atoms with van der Waals surface area (Å²) in [7, 11) is 0. The summed E-state index contributed by atoms with van der Waals surface area (Å²) in [4.78, 5) is 6.20. The highest BCUT2D eigenvalue weighted by molar-refractivity contribution is 9.10. The van der Waals surface area contributed by atoms with Gasteiger partial charge in [-0.25, -0.2) is 4.39 Å². The van der Waals surface area contributed by atoms with Gasteiger partial charge in [0.05, 0.1) is 12.6 Å². The van der Waals surface area contributed by atoms with E-state index in [0.29, 0.717) is 12.5 Å². The minimum atomic E-state index is -0.280. The molecular formula is C16H15BrFN3. The fourth-order valence-electron chi connectivity index (χ4n) is 2.57. The maximum Gasteiger partial charge on any atom is 0.196 e. The Hall–Kier alpha value is -1.88. The molecule has 2 N–H and O–H groups in total. The Balaban J connectivity index is 2.00. The van der Waals surface area contributed by atoms with Crippen LogP contribution in [0.1, 0.15) is 17.2 Å². The smallest absolute Gasteiger partial charge is 0.196 e. The summed E-state index contributed by atoms with van der Waals surface area (Å²) in [5, 5.41) is 0. The third-order valence-electron chi connectivity index (χ3n) is 3.64. The minimum Gasteiger partial charge on any atom is -0.369 e. The van der Waals surface area contributed by atoms with E-state index in [9.17, 15) is 4.39 Å². The van der Waals surface area contributed by atoms with Crippen molar-refractivity contribution >= 4 is 27.6 Å². The second-order valence-electron chi connectivity index (χ2n) is 5.07. The van der Waals surface area contributed by atoms with Crippen LogP contribution >= 0.6 is 15.9 Å². The number of hydrogen-bond donors (Lipinski definition) is 1. The maximum atomic E-state index is 13.5. The average molecular weight is 348 g/mol. The highest BCUT2D eigenvalue weighted by Gasteiger charge is 2.29. The largest absolute Gasteiger partial charge is 0.369 e. The van der Waals surface area contributed by atoms with Crippen LogP contribution in [0, 0.1) is 12.7 Å². The molecule has 108 valence electrons. The quantitative estimate of drug-likeness (QED) is 0.898. The molecule has 0 saturated carbocycles. The summed E-state index contributed by atoms with van der Waals surface area (Å²) in [6.07, 6.45) is 0. The molecule has 1 heterocycles. The highest BCUT2D eigenvalue weighted by Crippen LogP contribution is 2.32. The Morgan fingerprint density at radius 2 is 2.10 bits per heavy atom. The first kappa shape index (κ1) is 14.1. The molecule has 2 aromatic carbocycles. The van der Waals surface area contributed by atoms with Crippen LogP contribution in [0.2, 0.25) is 0 Å². The lowest BCUT2D eigenvalue weighted by Crippen LogP contribution is -2.36. The summed E-state index contributed by atoms with van der Waals surface area (Å²) in [6, 6.07) is 12.6. The summed E-state index contributed by atoms with van der Waals surface area (Å²) in [6.45, 7) is 2.61. The molecule has 1 aliphatic rings. The van der Waals surface area contributed by atoms with Gasteiger partial charge < -0.3 is 10.6 Å². The first-order valence-electron chi connectivity index (χ1n) is 6.67. The molecule has 3 rings (SSSR count). The molecule has 0 saturated heterocycles. The third-order valence-corrected chi connectivity index (χ3v) is 4.53. The summed E-state index contributed by atoms with van der Waals surface area (Å²) in [5.74, 6) is 0.143. The number of guanidine groups is 1. The van der Waals surface area contributed by atoms with E-state index in [4.69, 9.17) is 5.73 Å². The lowest BCUT2D eigenvalue weighted by atomic mass is 10.0. The number of aryl methyl sites for hydroxylation is 1. The summed E-state index contributed by atoms with van der Waals surface area (Å²) >= 11 is 3.50. The van der Waals surface area contributed by atoms with Gasteiger partial charge in [0.2, 0.25) is 0 Å². The topological polar surface area (TPSA) is 41.6 Å². The van der Waals surface area contributed by atoms with Crippen molar-refractivity contribution in [1.82, 2.24) is 0 Å². The van der Waals surface area contributed by atoms with E-state index < -0.39 is 0 Å². The maximum absolute atomic E-state index is 13.5. The zero-order chi connectivity index (χ0) is 15.0. The number of nitrogens with two attached hydrogens (primary N) is 1. The molecule has 21 heavy (non-hydrogen) atoms. The van der Waals surface area contributed by atoms with Gasteiger partial charge in [0.25, 0.3) is 0 Å². The van der Waals surface area contributed by atoms with Crippen molar-refractivity contribution in [3.05, 3.63) is 63.9 Å². The lowest BCUT2D eigenvalue weighted by Gasteiger charge is -2.27. The minimum absolute atomic E-state index is 0.00130. The molecule has 0 amide bonds. The fraction of sp³-hybridized carbons (Fsp3) is 0.188. The molecule has 0 bridgehead atoms. The first-order chi connectivity index (χ1) is 10.1. The monoisotopic (exact) mass is 347 g/mol. The first-order valence-corrected chi connectivity index (χ1v) is 7.46. The van der Waals surface area contributed by atoms with E-state index in [1.165, 1.54) is 12.1 Å². The molecule has 1 aliphatic heterocycles. The Morgan fingerprint density at radius 1 is 1.29 bits per heavy atom. The van der Waals surface area contributed by atoms with Gasteiger partial charge in [-0.3, -0.25) is 4.99 Å². The predicted octanol–water partition coefficient (Wildman–Crippen LogP) is 3.77. The van der Waals surface area contributed by atoms with E-state index in [0.717, 1.165) is 21.3 Å². The molecule has 0 fully saturated rings. The van der Waals surface area contributed by atoms with Crippen LogP contribution in [0.5, 0.6) is 0 Å². The zero-order valence-corrected chi connectivity index (χ0v) is 13.1. The molecule has 5 heteroatoms. The van der Waals surface area contributed by atoms with Crippen LogP contribution in [0.15, 0.2) is 51.9 Å². The van der Waals surface area contributed by atoms with Gasteiger partial charge in [-0.15, -0.1) is 0 Å². The molecule has 0 radical (unpaired) electrons. The number of nitrogens with zero attached hydrogens (tertiary/aromatic N) is 2. The number of rotatable bonds is 2. The van der Waals surface area contributed by atoms with Gasteiger partial charge in [-0.05, 0) is 42.3 Å². The van der Waals surface area contributed by atoms with Crippen LogP contribution < -0.4 is 10.6 Å². The predicted molar refractivity (Wildman–Crippen MR) is 87.0 cm³/mol. The Kier molecular flexibility index (Phi) is 3.68. The van der Waals surface area contributed by atoms with Gasteiger partial charge in [0, 0.05) is 10.2 Å². The fourth-order valence-corrected chi connectivity index (χ4v) is 2.81. The SMILES string of the molecule is Cc1cc(C2CN=C(N)N2c2cccc(F)c2)ccc1Br. The second-order valence-corrected chi connectivity index (χ2v) is 5.93. The molecule has 1 atom stereocenters. The molecular weight excluding hydrogens is 333 g/mol. The van der Waals surface area contributed by atoms with Crippen molar-refractivity contribution < 1.29 is 4.39 Å². The van der Waals surface area contributed by atoms with Crippen molar-refractivity contribution in [2.75, 3.05) is 11.4 Å².